The van der Waals surface area contributed by atoms with Crippen LogP contribution < -0.4 is 0 Å². The van der Waals surface area contributed by atoms with Gasteiger partial charge in [-0.25, -0.2) is 0 Å². The van der Waals surface area contributed by atoms with Gasteiger partial charge in [0.1, 0.15) is 5.75 Å². The number of phenolic OH excluding ortho intramolecular Hbond substituents is 1. The maximum Gasteiger partial charge on any atom is 0.454 e. The van der Waals surface area contributed by atoms with Gasteiger partial charge in [-0.05, 0) is 29.7 Å². The summed E-state index contributed by atoms with van der Waals surface area (Å²) in [6.45, 7) is 1.71. The summed E-state index contributed by atoms with van der Waals surface area (Å²) in [6, 6.07) is 10.0. The predicted octanol–water partition coefficient (Wildman–Crippen LogP) is 4.11. The SMILES string of the molecule is Cc1c(O)cccc1-c1ccc(C(=O)C(F)(F)F)cc1. The van der Waals surface area contributed by atoms with Crippen molar-refractivity contribution in [2.75, 3.05) is 0 Å². The molecule has 20 heavy (non-hydrogen) atoms. The molecule has 1 N–H and O–H groups in total. The molecule has 0 fully saturated rings. The van der Waals surface area contributed by atoms with Gasteiger partial charge in [0.2, 0.25) is 0 Å². The Labute approximate surface area is 113 Å². The maximum atomic E-state index is 12.3. The van der Waals surface area contributed by atoms with Gasteiger partial charge in [-0.1, -0.05) is 36.4 Å². The number of aromatic hydroxyl groups is 1. The number of alkyl halides is 3. The highest BCUT2D eigenvalue weighted by Gasteiger charge is 2.39. The molecule has 2 aromatic carbocycles. The van der Waals surface area contributed by atoms with E-state index in [2.05, 4.69) is 0 Å². The van der Waals surface area contributed by atoms with Crippen LogP contribution in [0.5, 0.6) is 5.75 Å². The van der Waals surface area contributed by atoms with Gasteiger partial charge in [-0.15, -0.1) is 0 Å². The van der Waals surface area contributed by atoms with Crippen molar-refractivity contribution < 1.29 is 23.1 Å². The van der Waals surface area contributed by atoms with Gasteiger partial charge in [-0.2, -0.15) is 13.2 Å². The second-order valence-electron chi connectivity index (χ2n) is 4.35. The van der Waals surface area contributed by atoms with Crippen LogP contribution in [0.25, 0.3) is 11.1 Å². The molecule has 104 valence electrons. The molecule has 2 aromatic rings. The van der Waals surface area contributed by atoms with E-state index in [1.54, 1.807) is 19.1 Å². The summed E-state index contributed by atoms with van der Waals surface area (Å²) in [5, 5.41) is 9.61. The molecule has 0 aliphatic rings. The summed E-state index contributed by atoms with van der Waals surface area (Å²) in [4.78, 5) is 11.1. The van der Waals surface area contributed by atoms with Crippen molar-refractivity contribution in [1.29, 1.82) is 0 Å². The van der Waals surface area contributed by atoms with Crippen molar-refractivity contribution in [3.05, 3.63) is 53.6 Å². The number of hydrogen-bond donors (Lipinski definition) is 1. The van der Waals surface area contributed by atoms with Crippen LogP contribution in [0.4, 0.5) is 13.2 Å². The largest absolute Gasteiger partial charge is 0.508 e. The maximum absolute atomic E-state index is 12.3. The Balaban J connectivity index is 2.38. The van der Waals surface area contributed by atoms with Crippen LogP contribution in [-0.4, -0.2) is 17.1 Å². The molecule has 0 saturated carbocycles. The van der Waals surface area contributed by atoms with Crippen molar-refractivity contribution in [3.8, 4) is 16.9 Å². The Morgan fingerprint density at radius 3 is 2.20 bits per heavy atom. The first-order chi connectivity index (χ1) is 9.30. The molecule has 0 aromatic heterocycles. The molecular weight excluding hydrogens is 269 g/mol. The summed E-state index contributed by atoms with van der Waals surface area (Å²) >= 11 is 0. The highest BCUT2D eigenvalue weighted by Crippen LogP contribution is 2.30. The highest BCUT2D eigenvalue weighted by molar-refractivity contribution is 6.00. The zero-order valence-electron chi connectivity index (χ0n) is 10.5. The molecule has 0 heterocycles. The van der Waals surface area contributed by atoms with E-state index in [1.807, 2.05) is 0 Å². The minimum absolute atomic E-state index is 0.109. The fraction of sp³-hybridized carbons (Fsp3) is 0.133. The Bertz CT molecular complexity index is 643. The van der Waals surface area contributed by atoms with Crippen molar-refractivity contribution in [2.45, 2.75) is 13.1 Å². The van der Waals surface area contributed by atoms with Crippen molar-refractivity contribution in [1.82, 2.24) is 0 Å². The number of phenols is 1. The molecule has 0 atom stereocenters. The molecule has 0 saturated heterocycles. The molecule has 5 heteroatoms. The van der Waals surface area contributed by atoms with Crippen molar-refractivity contribution >= 4 is 5.78 Å². The third-order valence-electron chi connectivity index (χ3n) is 3.02. The smallest absolute Gasteiger partial charge is 0.454 e. The molecule has 0 radical (unpaired) electrons. The summed E-state index contributed by atoms with van der Waals surface area (Å²) in [5.41, 5.74) is 1.56. The molecule has 0 aliphatic heterocycles. The molecule has 0 spiro atoms. The normalized spacial score (nSPS) is 11.4. The van der Waals surface area contributed by atoms with Gasteiger partial charge in [0.05, 0.1) is 0 Å². The van der Waals surface area contributed by atoms with Crippen LogP contribution in [-0.2, 0) is 0 Å². The van der Waals surface area contributed by atoms with E-state index in [0.29, 0.717) is 16.7 Å². The van der Waals surface area contributed by atoms with Gasteiger partial charge in [0, 0.05) is 5.56 Å². The Morgan fingerprint density at radius 2 is 1.65 bits per heavy atom. The molecule has 0 unspecified atom stereocenters. The van der Waals surface area contributed by atoms with Crippen LogP contribution in [0.15, 0.2) is 42.5 Å². The highest BCUT2D eigenvalue weighted by atomic mass is 19.4. The van der Waals surface area contributed by atoms with E-state index in [1.165, 1.54) is 18.2 Å². The number of carbonyl (C=O) groups excluding carboxylic acids is 1. The zero-order chi connectivity index (χ0) is 14.9. The average Bonchev–Trinajstić information content (AvgIpc) is 2.40. The average molecular weight is 280 g/mol. The molecular formula is C15H11F3O2. The quantitative estimate of drug-likeness (QED) is 0.840. The van der Waals surface area contributed by atoms with E-state index in [9.17, 15) is 23.1 Å². The predicted molar refractivity (Wildman–Crippen MR) is 68.7 cm³/mol. The second-order valence-corrected chi connectivity index (χ2v) is 4.35. The standard InChI is InChI=1S/C15H11F3O2/c1-9-12(3-2-4-13(9)19)10-5-7-11(8-6-10)14(20)15(16,17)18/h2-8,19H,1H3. The minimum Gasteiger partial charge on any atom is -0.508 e. The van der Waals surface area contributed by atoms with Gasteiger partial charge < -0.3 is 5.11 Å². The monoisotopic (exact) mass is 280 g/mol. The third-order valence-corrected chi connectivity index (χ3v) is 3.02. The zero-order valence-corrected chi connectivity index (χ0v) is 10.5. The van der Waals surface area contributed by atoms with Gasteiger partial charge in [-0.3, -0.25) is 4.79 Å². The van der Waals surface area contributed by atoms with Gasteiger partial charge in [0.25, 0.3) is 5.78 Å². The first kappa shape index (κ1) is 14.1. The summed E-state index contributed by atoms with van der Waals surface area (Å²) in [5.74, 6) is -1.75. The minimum atomic E-state index is -4.87. The first-order valence-electron chi connectivity index (χ1n) is 5.81. The Hall–Kier alpha value is -2.30. The number of benzene rings is 2. The molecule has 0 bridgehead atoms. The summed E-state index contributed by atoms with van der Waals surface area (Å²) in [7, 11) is 0. The van der Waals surface area contributed by atoms with E-state index < -0.39 is 17.5 Å². The van der Waals surface area contributed by atoms with Gasteiger partial charge >= 0.3 is 6.18 Å². The lowest BCUT2D eigenvalue weighted by Crippen LogP contribution is -2.22. The number of carbonyl (C=O) groups is 1. The molecule has 2 rings (SSSR count). The summed E-state index contributed by atoms with van der Waals surface area (Å²) < 4.78 is 36.9. The lowest BCUT2D eigenvalue weighted by Gasteiger charge is -2.09. The second kappa shape index (κ2) is 5.00. The molecule has 0 amide bonds. The Kier molecular flexibility index (Phi) is 3.53. The van der Waals surface area contributed by atoms with Crippen LogP contribution in [0.2, 0.25) is 0 Å². The first-order valence-corrected chi connectivity index (χ1v) is 5.81. The lowest BCUT2D eigenvalue weighted by atomic mass is 9.98. The number of Topliss-reactive ketones (excluding diaryl/α,β-unsaturated/α-hetero) is 1. The topological polar surface area (TPSA) is 37.3 Å². The van der Waals surface area contributed by atoms with Crippen LogP contribution >= 0.6 is 0 Å². The number of halogens is 3. The van der Waals surface area contributed by atoms with Crippen molar-refractivity contribution in [3.63, 3.8) is 0 Å². The Morgan fingerprint density at radius 1 is 1.05 bits per heavy atom. The number of rotatable bonds is 2. The van der Waals surface area contributed by atoms with Crippen LogP contribution in [0, 0.1) is 6.92 Å². The van der Waals surface area contributed by atoms with Crippen LogP contribution in [0.3, 0.4) is 0 Å². The lowest BCUT2D eigenvalue weighted by molar-refractivity contribution is -0.0885. The van der Waals surface area contributed by atoms with Gasteiger partial charge in [0.15, 0.2) is 0 Å². The number of ketones is 1. The fourth-order valence-electron chi connectivity index (χ4n) is 1.90. The molecule has 2 nitrogen and oxygen atoms in total. The van der Waals surface area contributed by atoms with E-state index >= 15 is 0 Å². The van der Waals surface area contributed by atoms with E-state index in [-0.39, 0.29) is 5.75 Å². The third kappa shape index (κ3) is 2.66. The summed E-state index contributed by atoms with van der Waals surface area (Å²) in [6.07, 6.45) is -4.87. The van der Waals surface area contributed by atoms with E-state index in [4.69, 9.17) is 0 Å². The van der Waals surface area contributed by atoms with Crippen LogP contribution in [0.1, 0.15) is 15.9 Å². The fourth-order valence-corrected chi connectivity index (χ4v) is 1.90. The van der Waals surface area contributed by atoms with E-state index in [0.717, 1.165) is 12.1 Å². The molecule has 0 aliphatic carbocycles. The van der Waals surface area contributed by atoms with Crippen molar-refractivity contribution in [2.24, 2.45) is 0 Å². The number of hydrogen-bond acceptors (Lipinski definition) is 2.